The van der Waals surface area contributed by atoms with Crippen LogP contribution in [0.4, 0.5) is 5.88 Å². The SMILES string of the molecule is CN(Cc1ccc([N+](=O)[O-])o1)C1CNC1. The average molecular weight is 211 g/mol. The summed E-state index contributed by atoms with van der Waals surface area (Å²) in [4.78, 5) is 12.0. The zero-order valence-corrected chi connectivity index (χ0v) is 8.47. The van der Waals surface area contributed by atoms with Crippen LogP contribution in [0.15, 0.2) is 16.5 Å². The number of hydrogen-bond donors (Lipinski definition) is 1. The quantitative estimate of drug-likeness (QED) is 0.583. The third kappa shape index (κ3) is 2.16. The number of nitro groups is 1. The Morgan fingerprint density at radius 2 is 2.40 bits per heavy atom. The first kappa shape index (κ1) is 10.1. The lowest BCUT2D eigenvalue weighted by Gasteiger charge is -2.34. The molecule has 0 spiro atoms. The second-order valence-electron chi connectivity index (χ2n) is 3.72. The highest BCUT2D eigenvalue weighted by molar-refractivity contribution is 5.17. The summed E-state index contributed by atoms with van der Waals surface area (Å²) in [5.41, 5.74) is 0. The molecule has 0 bridgehead atoms. The van der Waals surface area contributed by atoms with Crippen LogP contribution in [-0.4, -0.2) is 36.0 Å². The van der Waals surface area contributed by atoms with Gasteiger partial charge in [0.05, 0.1) is 12.6 Å². The molecule has 15 heavy (non-hydrogen) atoms. The van der Waals surface area contributed by atoms with Gasteiger partial charge in [-0.3, -0.25) is 15.0 Å². The first-order valence-electron chi connectivity index (χ1n) is 4.81. The minimum absolute atomic E-state index is 0.190. The van der Waals surface area contributed by atoms with Crippen molar-refractivity contribution in [2.45, 2.75) is 12.6 Å². The normalized spacial score (nSPS) is 16.7. The molecule has 0 atom stereocenters. The van der Waals surface area contributed by atoms with Gasteiger partial charge in [0.1, 0.15) is 10.7 Å². The second-order valence-corrected chi connectivity index (χ2v) is 3.72. The van der Waals surface area contributed by atoms with Gasteiger partial charge in [-0.05, 0) is 13.1 Å². The van der Waals surface area contributed by atoms with Gasteiger partial charge in [-0.2, -0.15) is 0 Å². The Morgan fingerprint density at radius 3 is 2.87 bits per heavy atom. The molecule has 6 heteroatoms. The predicted molar refractivity (Wildman–Crippen MR) is 53.5 cm³/mol. The lowest BCUT2D eigenvalue weighted by Crippen LogP contribution is -2.55. The van der Waals surface area contributed by atoms with Gasteiger partial charge in [0.15, 0.2) is 0 Å². The zero-order valence-electron chi connectivity index (χ0n) is 8.47. The summed E-state index contributed by atoms with van der Waals surface area (Å²) in [6, 6.07) is 3.55. The molecular weight excluding hydrogens is 198 g/mol. The van der Waals surface area contributed by atoms with Gasteiger partial charge >= 0.3 is 5.88 Å². The molecule has 1 N–H and O–H groups in total. The number of furan rings is 1. The Hall–Kier alpha value is -1.40. The standard InChI is InChI=1S/C9H13N3O3/c1-11(7-4-10-5-7)6-8-2-3-9(15-8)12(13)14/h2-3,7,10H,4-6H2,1H3. The molecule has 0 amide bonds. The van der Waals surface area contributed by atoms with Crippen molar-refractivity contribution in [1.29, 1.82) is 0 Å². The van der Waals surface area contributed by atoms with Crippen molar-refractivity contribution in [3.8, 4) is 0 Å². The van der Waals surface area contributed by atoms with E-state index in [-0.39, 0.29) is 5.88 Å². The fraction of sp³-hybridized carbons (Fsp3) is 0.556. The maximum atomic E-state index is 10.4. The molecule has 1 aliphatic rings. The van der Waals surface area contributed by atoms with Crippen LogP contribution in [0.3, 0.4) is 0 Å². The molecule has 0 aromatic carbocycles. The Labute approximate surface area is 87.0 Å². The Bertz CT molecular complexity index is 359. The van der Waals surface area contributed by atoms with Crippen molar-refractivity contribution < 1.29 is 9.34 Å². The molecule has 0 unspecified atom stereocenters. The van der Waals surface area contributed by atoms with E-state index in [2.05, 4.69) is 10.2 Å². The van der Waals surface area contributed by atoms with Crippen LogP contribution >= 0.6 is 0 Å². The van der Waals surface area contributed by atoms with Crippen LogP contribution in [0.5, 0.6) is 0 Å². The summed E-state index contributed by atoms with van der Waals surface area (Å²) < 4.78 is 5.07. The molecule has 6 nitrogen and oxygen atoms in total. The summed E-state index contributed by atoms with van der Waals surface area (Å²) in [6.07, 6.45) is 0. The molecule has 1 aliphatic heterocycles. The summed E-state index contributed by atoms with van der Waals surface area (Å²) in [5, 5.41) is 13.6. The smallest absolute Gasteiger partial charge is 0.404 e. The molecule has 1 aromatic rings. The van der Waals surface area contributed by atoms with Crippen molar-refractivity contribution in [2.24, 2.45) is 0 Å². The first-order chi connectivity index (χ1) is 7.16. The Morgan fingerprint density at radius 1 is 1.67 bits per heavy atom. The highest BCUT2D eigenvalue weighted by Crippen LogP contribution is 2.17. The lowest BCUT2D eigenvalue weighted by atomic mass is 10.1. The van der Waals surface area contributed by atoms with E-state index in [0.29, 0.717) is 18.3 Å². The van der Waals surface area contributed by atoms with Gasteiger partial charge in [0, 0.05) is 19.1 Å². The van der Waals surface area contributed by atoms with Crippen LogP contribution in [0.2, 0.25) is 0 Å². The number of hydrogen-bond acceptors (Lipinski definition) is 5. The molecule has 1 fully saturated rings. The first-order valence-corrected chi connectivity index (χ1v) is 4.81. The van der Waals surface area contributed by atoms with E-state index in [1.54, 1.807) is 6.07 Å². The van der Waals surface area contributed by atoms with Crippen LogP contribution in [0.25, 0.3) is 0 Å². The van der Waals surface area contributed by atoms with Crippen LogP contribution in [0, 0.1) is 10.1 Å². The van der Waals surface area contributed by atoms with Gasteiger partial charge < -0.3 is 9.73 Å². The number of rotatable bonds is 4. The second kappa shape index (κ2) is 4.00. The van der Waals surface area contributed by atoms with Crippen molar-refractivity contribution >= 4 is 5.88 Å². The molecule has 82 valence electrons. The molecule has 0 saturated carbocycles. The van der Waals surface area contributed by atoms with Gasteiger partial charge in [-0.25, -0.2) is 0 Å². The summed E-state index contributed by atoms with van der Waals surface area (Å²) >= 11 is 0. The minimum Gasteiger partial charge on any atom is -0.404 e. The van der Waals surface area contributed by atoms with Crippen molar-refractivity contribution in [3.05, 3.63) is 28.0 Å². The number of nitrogens with one attached hydrogen (secondary N) is 1. The van der Waals surface area contributed by atoms with Crippen LogP contribution in [-0.2, 0) is 6.54 Å². The summed E-state index contributed by atoms with van der Waals surface area (Å²) in [7, 11) is 1.99. The molecule has 1 saturated heterocycles. The summed E-state index contributed by atoms with van der Waals surface area (Å²) in [6.45, 7) is 2.55. The number of likely N-dealkylation sites (N-methyl/N-ethyl adjacent to an activating group) is 1. The van der Waals surface area contributed by atoms with E-state index in [1.807, 2.05) is 7.05 Å². The summed E-state index contributed by atoms with van der Waals surface area (Å²) in [5.74, 6) is 0.446. The maximum absolute atomic E-state index is 10.4. The van der Waals surface area contributed by atoms with Crippen LogP contribution in [0.1, 0.15) is 5.76 Å². The van der Waals surface area contributed by atoms with Crippen LogP contribution < -0.4 is 5.32 Å². The Kier molecular flexibility index (Phi) is 2.70. The van der Waals surface area contributed by atoms with Gasteiger partial charge in [0.2, 0.25) is 0 Å². The van der Waals surface area contributed by atoms with Crippen molar-refractivity contribution in [1.82, 2.24) is 10.2 Å². The highest BCUT2D eigenvalue weighted by Gasteiger charge is 2.22. The molecular formula is C9H13N3O3. The molecule has 2 rings (SSSR count). The van der Waals surface area contributed by atoms with E-state index < -0.39 is 4.92 Å². The Balaban J connectivity index is 1.94. The number of nitrogens with zero attached hydrogens (tertiary/aromatic N) is 2. The van der Waals surface area contributed by atoms with E-state index in [0.717, 1.165) is 13.1 Å². The predicted octanol–water partition coefficient (Wildman–Crippen LogP) is 0.591. The van der Waals surface area contributed by atoms with Gasteiger partial charge in [0.25, 0.3) is 0 Å². The van der Waals surface area contributed by atoms with E-state index in [1.165, 1.54) is 6.07 Å². The highest BCUT2D eigenvalue weighted by atomic mass is 16.6. The third-order valence-electron chi connectivity index (χ3n) is 2.62. The van der Waals surface area contributed by atoms with Crippen molar-refractivity contribution in [3.63, 3.8) is 0 Å². The van der Waals surface area contributed by atoms with Gasteiger partial charge in [-0.1, -0.05) is 0 Å². The van der Waals surface area contributed by atoms with Gasteiger partial charge in [-0.15, -0.1) is 0 Å². The monoisotopic (exact) mass is 211 g/mol. The van der Waals surface area contributed by atoms with E-state index in [4.69, 9.17) is 4.42 Å². The van der Waals surface area contributed by atoms with Crippen molar-refractivity contribution in [2.75, 3.05) is 20.1 Å². The van der Waals surface area contributed by atoms with E-state index >= 15 is 0 Å². The maximum Gasteiger partial charge on any atom is 0.433 e. The molecule has 0 aliphatic carbocycles. The minimum atomic E-state index is -0.519. The van der Waals surface area contributed by atoms with E-state index in [9.17, 15) is 10.1 Å². The molecule has 0 radical (unpaired) electrons. The molecule has 2 heterocycles. The average Bonchev–Trinajstić information content (AvgIpc) is 2.48. The fourth-order valence-corrected chi connectivity index (χ4v) is 1.51. The third-order valence-corrected chi connectivity index (χ3v) is 2.62. The lowest BCUT2D eigenvalue weighted by molar-refractivity contribution is -0.402. The molecule has 1 aromatic heterocycles. The zero-order chi connectivity index (χ0) is 10.8. The largest absolute Gasteiger partial charge is 0.433 e. The fourth-order valence-electron chi connectivity index (χ4n) is 1.51. The topological polar surface area (TPSA) is 71.5 Å².